The van der Waals surface area contributed by atoms with Gasteiger partial charge in [0, 0.05) is 41.9 Å². The zero-order valence-electron chi connectivity index (χ0n) is 34.8. The molecule has 4 aliphatic heterocycles. The van der Waals surface area contributed by atoms with E-state index in [0.717, 1.165) is 11.1 Å². The Kier molecular flexibility index (Phi) is 10.6. The molecule has 318 valence electrons. The van der Waals surface area contributed by atoms with Crippen LogP contribution in [0.1, 0.15) is 43.9 Å². The summed E-state index contributed by atoms with van der Waals surface area (Å²) in [5.74, 6) is -1.36. The van der Waals surface area contributed by atoms with Gasteiger partial charge in [-0.3, -0.25) is 29.0 Å². The molecule has 1 saturated heterocycles. The minimum absolute atomic E-state index is 0.0906. The van der Waals surface area contributed by atoms with Crippen molar-refractivity contribution in [2.75, 3.05) is 41.1 Å². The highest BCUT2D eigenvalue weighted by molar-refractivity contribution is 6.10. The molecule has 0 bridgehead atoms. The van der Waals surface area contributed by atoms with E-state index >= 15 is 4.79 Å². The highest BCUT2D eigenvalue weighted by Gasteiger charge is 2.66. The first-order chi connectivity index (χ1) is 29.9. The molecule has 5 aromatic carbocycles. The Balaban J connectivity index is 1.10. The fourth-order valence-electron chi connectivity index (χ4n) is 9.78. The maximum absolute atomic E-state index is 15.5. The van der Waals surface area contributed by atoms with Gasteiger partial charge in [-0.2, -0.15) is 0 Å². The predicted octanol–water partition coefficient (Wildman–Crippen LogP) is 6.38. The number of nitrogens with zero attached hydrogens (tertiary/aromatic N) is 4. The molecule has 0 radical (unpaired) electrons. The second kappa shape index (κ2) is 16.1. The first kappa shape index (κ1) is 40.8. The van der Waals surface area contributed by atoms with Gasteiger partial charge in [0.25, 0.3) is 17.7 Å². The lowest BCUT2D eigenvalue weighted by atomic mass is 9.70. The number of carbonyl (C=O) groups is 4. The molecule has 5 aromatic rings. The van der Waals surface area contributed by atoms with Crippen molar-refractivity contribution in [1.29, 1.82) is 0 Å². The van der Waals surface area contributed by atoms with Crippen LogP contribution in [0.4, 0.5) is 28.4 Å². The van der Waals surface area contributed by atoms with Crippen molar-refractivity contribution in [3.05, 3.63) is 138 Å². The van der Waals surface area contributed by atoms with Crippen molar-refractivity contribution in [3.8, 4) is 11.5 Å². The minimum atomic E-state index is -1.67. The third-order valence-corrected chi connectivity index (χ3v) is 12.5. The molecule has 4 heterocycles. The summed E-state index contributed by atoms with van der Waals surface area (Å²) in [6.07, 6.45) is -1.07. The van der Waals surface area contributed by atoms with Gasteiger partial charge in [0.05, 0.1) is 48.3 Å². The lowest BCUT2D eigenvalue weighted by molar-refractivity contribution is -0.150. The van der Waals surface area contributed by atoms with Gasteiger partial charge in [-0.05, 0) is 79.6 Å². The number of para-hydroxylation sites is 4. The van der Waals surface area contributed by atoms with Crippen LogP contribution in [0.15, 0.2) is 121 Å². The molecule has 4 atom stereocenters. The zero-order chi connectivity index (χ0) is 43.3. The van der Waals surface area contributed by atoms with E-state index in [1.54, 1.807) is 51.6 Å². The van der Waals surface area contributed by atoms with Gasteiger partial charge in [-0.1, -0.05) is 73.7 Å². The molecule has 13 heteroatoms. The van der Waals surface area contributed by atoms with Crippen LogP contribution in [0.2, 0.25) is 0 Å². The van der Waals surface area contributed by atoms with Crippen LogP contribution in [0, 0.1) is 11.8 Å². The summed E-state index contributed by atoms with van der Waals surface area (Å²) in [6, 6.07) is 36.9. The van der Waals surface area contributed by atoms with Gasteiger partial charge in [-0.25, -0.2) is 0 Å². The number of aliphatic hydroxyl groups excluding tert-OH is 1. The number of benzene rings is 5. The fraction of sp³-hybridized carbons (Fsp3) is 0.306. The molecule has 13 nitrogen and oxygen atoms in total. The highest BCUT2D eigenvalue weighted by Crippen LogP contribution is 2.59. The molecular weight excluding hydrogens is 789 g/mol. The van der Waals surface area contributed by atoms with E-state index in [2.05, 4.69) is 0 Å². The van der Waals surface area contributed by atoms with E-state index in [4.69, 9.17) is 14.2 Å². The zero-order valence-corrected chi connectivity index (χ0v) is 34.8. The molecule has 4 amide bonds. The molecule has 4 aliphatic rings. The van der Waals surface area contributed by atoms with Crippen LogP contribution in [0.25, 0.3) is 0 Å². The smallest absolute Gasteiger partial charge is 0.269 e. The number of fused-ring (bicyclic) bond motifs is 4. The molecule has 0 aromatic heterocycles. The Labute approximate surface area is 359 Å². The van der Waals surface area contributed by atoms with E-state index in [0.29, 0.717) is 45.5 Å². The first-order valence-electron chi connectivity index (χ1n) is 20.9. The predicted molar refractivity (Wildman–Crippen MR) is 231 cm³/mol. The number of rotatable bonds is 11. The highest BCUT2D eigenvalue weighted by atomic mass is 16.5. The Morgan fingerprint density at radius 1 is 0.758 bits per heavy atom. The second-order valence-electron chi connectivity index (χ2n) is 16.8. The van der Waals surface area contributed by atoms with Crippen molar-refractivity contribution in [2.24, 2.45) is 11.8 Å². The molecule has 1 spiro atoms. The average molecular weight is 837 g/mol. The number of aliphatic hydroxyl groups is 2. The SMILES string of the molecule is C[C@H]1[C@H](C(C)(C)O)[C@@H](CC(=O)N(CCO)Cc2ccccc2)O[C@]12C(=O)N(Cc1ccc(N3C(=O)COc4ccccc43)cc1)c1ccc(N3C(=O)COc4ccccc43)cc12. The van der Waals surface area contributed by atoms with Crippen LogP contribution < -0.4 is 24.2 Å². The number of ether oxygens (including phenoxy) is 3. The summed E-state index contributed by atoms with van der Waals surface area (Å²) in [7, 11) is 0. The van der Waals surface area contributed by atoms with Gasteiger partial charge >= 0.3 is 0 Å². The number of hydrogen-bond acceptors (Lipinski definition) is 9. The summed E-state index contributed by atoms with van der Waals surface area (Å²) in [6.45, 7) is 5.19. The normalized spacial score (nSPS) is 21.7. The maximum atomic E-state index is 15.5. The van der Waals surface area contributed by atoms with E-state index < -0.39 is 29.1 Å². The summed E-state index contributed by atoms with van der Waals surface area (Å²) in [4.78, 5) is 62.8. The van der Waals surface area contributed by atoms with Crippen LogP contribution >= 0.6 is 0 Å². The van der Waals surface area contributed by atoms with Gasteiger partial charge in [-0.15, -0.1) is 0 Å². The summed E-state index contributed by atoms with van der Waals surface area (Å²) in [5.41, 5.74) is 2.03. The number of hydrogen-bond donors (Lipinski definition) is 2. The molecule has 2 N–H and O–H groups in total. The molecule has 0 unspecified atom stereocenters. The number of carbonyl (C=O) groups excluding carboxylic acids is 4. The van der Waals surface area contributed by atoms with E-state index in [-0.39, 0.29) is 69.5 Å². The van der Waals surface area contributed by atoms with Gasteiger partial charge in [0.2, 0.25) is 5.91 Å². The van der Waals surface area contributed by atoms with Crippen molar-refractivity contribution in [2.45, 2.75) is 57.6 Å². The summed E-state index contributed by atoms with van der Waals surface area (Å²) in [5, 5.41) is 21.9. The first-order valence-corrected chi connectivity index (χ1v) is 20.9. The van der Waals surface area contributed by atoms with Crippen molar-refractivity contribution < 1.29 is 43.6 Å². The van der Waals surface area contributed by atoms with E-state index in [9.17, 15) is 24.6 Å². The Morgan fingerprint density at radius 3 is 1.95 bits per heavy atom. The Hall–Kier alpha value is -6.54. The second-order valence-corrected chi connectivity index (χ2v) is 16.8. The molecule has 0 saturated carbocycles. The van der Waals surface area contributed by atoms with Gasteiger partial charge in [0.1, 0.15) is 11.5 Å². The molecule has 62 heavy (non-hydrogen) atoms. The third-order valence-electron chi connectivity index (χ3n) is 12.5. The van der Waals surface area contributed by atoms with E-state index in [1.165, 1.54) is 0 Å². The minimum Gasteiger partial charge on any atom is -0.482 e. The number of amides is 4. The van der Waals surface area contributed by atoms with Gasteiger partial charge in [0.15, 0.2) is 18.8 Å². The van der Waals surface area contributed by atoms with Gasteiger partial charge < -0.3 is 34.2 Å². The van der Waals surface area contributed by atoms with Crippen molar-refractivity contribution in [1.82, 2.24) is 4.90 Å². The standard InChI is InChI=1S/C49H48N4O9/c1-31-46(48(2,3)59)42(26-43(55)50(23-24-54)27-32-11-5-4-6-12-32)62-49(31)36-25-35(53-39-14-8-10-16-41(39)61-30-45(53)57)21-22-37(36)51(47(49)58)28-33-17-19-34(20-18-33)52-38-13-7-9-15-40(38)60-29-44(52)56/h4-22,25,31,42,46,54,59H,23-24,26-30H2,1-3H3/t31-,42+,46-,49+/m0/s1. The van der Waals surface area contributed by atoms with Crippen LogP contribution in [-0.4, -0.2) is 76.8 Å². The number of anilines is 5. The molecule has 1 fully saturated rings. The maximum Gasteiger partial charge on any atom is 0.269 e. The lowest BCUT2D eigenvalue weighted by Gasteiger charge is -2.34. The molecule has 0 aliphatic carbocycles. The molecular formula is C49H48N4O9. The average Bonchev–Trinajstić information content (AvgIpc) is 3.69. The third kappa shape index (κ3) is 7.05. The summed E-state index contributed by atoms with van der Waals surface area (Å²) >= 11 is 0. The Bertz CT molecular complexity index is 2540. The van der Waals surface area contributed by atoms with Crippen LogP contribution in [0.3, 0.4) is 0 Å². The lowest BCUT2D eigenvalue weighted by Crippen LogP contribution is -2.46. The van der Waals surface area contributed by atoms with Crippen molar-refractivity contribution in [3.63, 3.8) is 0 Å². The van der Waals surface area contributed by atoms with Crippen LogP contribution in [-0.2, 0) is 42.6 Å². The molecule has 9 rings (SSSR count). The monoisotopic (exact) mass is 836 g/mol. The Morgan fingerprint density at radius 2 is 1.34 bits per heavy atom. The van der Waals surface area contributed by atoms with E-state index in [1.807, 2.05) is 110 Å². The summed E-state index contributed by atoms with van der Waals surface area (Å²) < 4.78 is 18.5. The van der Waals surface area contributed by atoms with Crippen LogP contribution in [0.5, 0.6) is 11.5 Å². The fourth-order valence-corrected chi connectivity index (χ4v) is 9.78. The topological polar surface area (TPSA) is 149 Å². The quantitative estimate of drug-likeness (QED) is 0.155. The van der Waals surface area contributed by atoms with Crippen molar-refractivity contribution >= 4 is 52.1 Å². The largest absolute Gasteiger partial charge is 0.482 e.